The van der Waals surface area contributed by atoms with Crippen molar-refractivity contribution in [3.63, 3.8) is 0 Å². The molecule has 3 N–H and O–H groups in total. The summed E-state index contributed by atoms with van der Waals surface area (Å²) in [6, 6.07) is 2.29. The van der Waals surface area contributed by atoms with Crippen LogP contribution in [0.25, 0.3) is 0 Å². The predicted molar refractivity (Wildman–Crippen MR) is 76.3 cm³/mol. The minimum Gasteiger partial charge on any atom is -0.398 e. The van der Waals surface area contributed by atoms with Crippen molar-refractivity contribution in [2.45, 2.75) is 51.5 Å². The first-order chi connectivity index (χ1) is 8.83. The van der Waals surface area contributed by atoms with E-state index in [0.29, 0.717) is 12.0 Å². The van der Waals surface area contributed by atoms with E-state index in [1.807, 2.05) is 12.3 Å². The van der Waals surface area contributed by atoms with Crippen LogP contribution in [-0.2, 0) is 0 Å². The highest BCUT2D eigenvalue weighted by atomic mass is 14.9. The third kappa shape index (κ3) is 3.22. The van der Waals surface area contributed by atoms with E-state index >= 15 is 0 Å². The van der Waals surface area contributed by atoms with Gasteiger partial charge in [-0.1, -0.05) is 32.6 Å². The highest BCUT2D eigenvalue weighted by Crippen LogP contribution is 2.35. The third-order valence-corrected chi connectivity index (χ3v) is 4.02. The Morgan fingerprint density at radius 3 is 2.67 bits per heavy atom. The van der Waals surface area contributed by atoms with Gasteiger partial charge in [-0.15, -0.1) is 0 Å². The summed E-state index contributed by atoms with van der Waals surface area (Å²) in [7, 11) is 0. The van der Waals surface area contributed by atoms with Crippen molar-refractivity contribution < 1.29 is 0 Å². The molecule has 0 radical (unpaired) electrons. The van der Waals surface area contributed by atoms with Crippen molar-refractivity contribution in [3.8, 4) is 0 Å². The zero-order chi connectivity index (χ0) is 12.8. The van der Waals surface area contributed by atoms with Crippen LogP contribution >= 0.6 is 0 Å². The van der Waals surface area contributed by atoms with Crippen molar-refractivity contribution in [2.24, 2.45) is 5.92 Å². The van der Waals surface area contributed by atoms with Gasteiger partial charge in [-0.2, -0.15) is 0 Å². The molecule has 1 aliphatic carbocycles. The maximum absolute atomic E-state index is 6.12. The lowest BCUT2D eigenvalue weighted by Gasteiger charge is -2.28. The van der Waals surface area contributed by atoms with E-state index in [4.69, 9.17) is 5.73 Å². The quantitative estimate of drug-likeness (QED) is 0.803. The summed E-state index contributed by atoms with van der Waals surface area (Å²) in [5.41, 5.74) is 8.18. The highest BCUT2D eigenvalue weighted by Gasteiger charge is 2.24. The van der Waals surface area contributed by atoms with Gasteiger partial charge < -0.3 is 11.1 Å². The molecule has 1 heterocycles. The monoisotopic (exact) mass is 247 g/mol. The van der Waals surface area contributed by atoms with E-state index < -0.39 is 0 Å². The summed E-state index contributed by atoms with van der Waals surface area (Å²) in [5.74, 6) is 0.707. The van der Waals surface area contributed by atoms with Gasteiger partial charge in [0.2, 0.25) is 0 Å². The molecule has 1 unspecified atom stereocenters. The highest BCUT2D eigenvalue weighted by molar-refractivity contribution is 5.46. The molecule has 1 atom stereocenters. The Morgan fingerprint density at radius 2 is 2.06 bits per heavy atom. The number of nitrogen functional groups attached to an aromatic ring is 1. The maximum Gasteiger partial charge on any atom is 0.0393 e. The Kier molecular flexibility index (Phi) is 5.00. The van der Waals surface area contributed by atoms with Crippen molar-refractivity contribution in [1.82, 2.24) is 10.3 Å². The standard InChI is InChI=1S/C15H25N3/c1-2-18-15(12-7-5-3-4-6-8-12)13-11-17-10-9-14(13)16/h9-12,15,18H,2-8H2,1H3,(H2,16,17). The van der Waals surface area contributed by atoms with E-state index in [1.54, 1.807) is 6.20 Å². The molecule has 3 heteroatoms. The summed E-state index contributed by atoms with van der Waals surface area (Å²) in [4.78, 5) is 4.25. The Bertz CT molecular complexity index is 357. The lowest BCUT2D eigenvalue weighted by atomic mass is 9.87. The lowest BCUT2D eigenvalue weighted by Crippen LogP contribution is -2.29. The molecule has 1 aromatic rings. The number of hydrogen-bond donors (Lipinski definition) is 2. The smallest absolute Gasteiger partial charge is 0.0393 e. The summed E-state index contributed by atoms with van der Waals surface area (Å²) in [6.45, 7) is 3.14. The molecule has 0 aliphatic heterocycles. The number of anilines is 1. The number of nitrogens with two attached hydrogens (primary N) is 1. The maximum atomic E-state index is 6.12. The van der Waals surface area contributed by atoms with E-state index in [2.05, 4.69) is 17.2 Å². The second-order valence-electron chi connectivity index (χ2n) is 5.29. The summed E-state index contributed by atoms with van der Waals surface area (Å²) < 4.78 is 0. The van der Waals surface area contributed by atoms with Crippen molar-refractivity contribution >= 4 is 5.69 Å². The lowest BCUT2D eigenvalue weighted by molar-refractivity contribution is 0.330. The van der Waals surface area contributed by atoms with Gasteiger partial charge in [0, 0.05) is 29.7 Å². The number of rotatable bonds is 4. The average molecular weight is 247 g/mol. The van der Waals surface area contributed by atoms with E-state index in [-0.39, 0.29) is 0 Å². The van der Waals surface area contributed by atoms with Gasteiger partial charge in [0.1, 0.15) is 0 Å². The fraction of sp³-hybridized carbons (Fsp3) is 0.667. The fourth-order valence-electron chi connectivity index (χ4n) is 3.07. The van der Waals surface area contributed by atoms with Crippen molar-refractivity contribution in [2.75, 3.05) is 12.3 Å². The second-order valence-corrected chi connectivity index (χ2v) is 5.29. The van der Waals surface area contributed by atoms with E-state index in [0.717, 1.165) is 12.2 Å². The topological polar surface area (TPSA) is 50.9 Å². The molecule has 3 nitrogen and oxygen atoms in total. The molecular formula is C15H25N3. The zero-order valence-electron chi connectivity index (χ0n) is 11.4. The average Bonchev–Trinajstić information content (AvgIpc) is 2.66. The molecule has 1 saturated carbocycles. The molecule has 0 amide bonds. The summed E-state index contributed by atoms with van der Waals surface area (Å²) in [5, 5.41) is 3.62. The molecule has 18 heavy (non-hydrogen) atoms. The van der Waals surface area contributed by atoms with E-state index in [1.165, 1.54) is 44.1 Å². The number of aromatic nitrogens is 1. The fourth-order valence-corrected chi connectivity index (χ4v) is 3.07. The van der Waals surface area contributed by atoms with Gasteiger partial charge in [0.05, 0.1) is 0 Å². The largest absolute Gasteiger partial charge is 0.398 e. The van der Waals surface area contributed by atoms with E-state index in [9.17, 15) is 0 Å². The van der Waals surface area contributed by atoms with Crippen LogP contribution in [0.3, 0.4) is 0 Å². The number of nitrogens with one attached hydrogen (secondary N) is 1. The molecule has 0 bridgehead atoms. The normalized spacial score (nSPS) is 19.4. The second kappa shape index (κ2) is 6.74. The van der Waals surface area contributed by atoms with Crippen LogP contribution in [0.1, 0.15) is 57.1 Å². The number of nitrogens with zero attached hydrogens (tertiary/aromatic N) is 1. The SMILES string of the molecule is CCNC(c1cnccc1N)C1CCCCCC1. The van der Waals surface area contributed by atoms with Crippen LogP contribution in [0.15, 0.2) is 18.5 Å². The van der Waals surface area contributed by atoms with Crippen LogP contribution in [0.4, 0.5) is 5.69 Å². The van der Waals surface area contributed by atoms with Gasteiger partial charge in [0.15, 0.2) is 0 Å². The Morgan fingerprint density at radius 1 is 1.33 bits per heavy atom. The minimum atomic E-state index is 0.377. The molecule has 0 spiro atoms. The van der Waals surface area contributed by atoms with Gasteiger partial charge in [-0.05, 0) is 31.4 Å². The van der Waals surface area contributed by atoms with Crippen LogP contribution in [-0.4, -0.2) is 11.5 Å². The van der Waals surface area contributed by atoms with Gasteiger partial charge >= 0.3 is 0 Å². The molecule has 1 aliphatic rings. The first-order valence-electron chi connectivity index (χ1n) is 7.25. The van der Waals surface area contributed by atoms with Crippen LogP contribution in [0.2, 0.25) is 0 Å². The van der Waals surface area contributed by atoms with Crippen LogP contribution in [0.5, 0.6) is 0 Å². The zero-order valence-corrected chi connectivity index (χ0v) is 11.4. The Hall–Kier alpha value is -1.09. The molecule has 2 rings (SSSR count). The van der Waals surface area contributed by atoms with Gasteiger partial charge in [-0.25, -0.2) is 0 Å². The Balaban J connectivity index is 2.18. The van der Waals surface area contributed by atoms with Crippen LogP contribution < -0.4 is 11.1 Å². The summed E-state index contributed by atoms with van der Waals surface area (Å²) >= 11 is 0. The van der Waals surface area contributed by atoms with Gasteiger partial charge in [-0.3, -0.25) is 4.98 Å². The first-order valence-corrected chi connectivity index (χ1v) is 7.25. The molecule has 1 fully saturated rings. The molecular weight excluding hydrogens is 222 g/mol. The number of pyridine rings is 1. The minimum absolute atomic E-state index is 0.377. The molecule has 0 saturated heterocycles. The molecule has 100 valence electrons. The third-order valence-electron chi connectivity index (χ3n) is 4.02. The Labute approximate surface area is 110 Å². The molecule has 0 aromatic carbocycles. The van der Waals surface area contributed by atoms with Crippen molar-refractivity contribution in [3.05, 3.63) is 24.0 Å². The van der Waals surface area contributed by atoms with Crippen molar-refractivity contribution in [1.29, 1.82) is 0 Å². The molecule has 1 aromatic heterocycles. The van der Waals surface area contributed by atoms with Crippen LogP contribution in [0, 0.1) is 5.92 Å². The summed E-state index contributed by atoms with van der Waals surface area (Å²) in [6.07, 6.45) is 11.8. The first kappa shape index (κ1) is 13.3. The predicted octanol–water partition coefficient (Wildman–Crippen LogP) is 3.28. The number of hydrogen-bond acceptors (Lipinski definition) is 3. The van der Waals surface area contributed by atoms with Gasteiger partial charge in [0.25, 0.3) is 0 Å².